The summed E-state index contributed by atoms with van der Waals surface area (Å²) in [5, 5.41) is -0.498. The zero-order valence-electron chi connectivity index (χ0n) is 17.3. The van der Waals surface area contributed by atoms with Crippen LogP contribution < -0.4 is 0 Å². The SMILES string of the molecule is CN(C(=O)N1CCC(S(=O)(=O)N2CCC(c3ccncc3)CC2)C1)C(C)(C)C. The van der Waals surface area contributed by atoms with Gasteiger partial charge in [-0.05, 0) is 63.6 Å². The van der Waals surface area contributed by atoms with Gasteiger partial charge in [0.15, 0.2) is 0 Å². The maximum Gasteiger partial charge on any atom is 0.320 e. The highest BCUT2D eigenvalue weighted by atomic mass is 32.2. The van der Waals surface area contributed by atoms with Crippen LogP contribution >= 0.6 is 0 Å². The Balaban J connectivity index is 1.59. The number of carbonyl (C=O) groups excluding carboxylic acids is 1. The number of likely N-dealkylation sites (tertiary alicyclic amines) is 1. The van der Waals surface area contributed by atoms with E-state index in [2.05, 4.69) is 4.98 Å². The van der Waals surface area contributed by atoms with E-state index in [1.807, 2.05) is 32.9 Å². The van der Waals surface area contributed by atoms with Crippen LogP contribution in [0.25, 0.3) is 0 Å². The Morgan fingerprint density at radius 3 is 2.29 bits per heavy atom. The summed E-state index contributed by atoms with van der Waals surface area (Å²) in [5.74, 6) is 0.386. The van der Waals surface area contributed by atoms with E-state index in [-0.39, 0.29) is 18.1 Å². The lowest BCUT2D eigenvalue weighted by molar-refractivity contribution is 0.134. The second-order valence-electron chi connectivity index (χ2n) is 8.87. The summed E-state index contributed by atoms with van der Waals surface area (Å²) in [6.07, 6.45) is 5.74. The summed E-state index contributed by atoms with van der Waals surface area (Å²) >= 11 is 0. The number of nitrogens with zero attached hydrogens (tertiary/aromatic N) is 4. The van der Waals surface area contributed by atoms with Crippen molar-refractivity contribution in [3.8, 4) is 0 Å². The highest BCUT2D eigenvalue weighted by molar-refractivity contribution is 7.89. The van der Waals surface area contributed by atoms with Gasteiger partial charge in [0.05, 0.1) is 5.25 Å². The van der Waals surface area contributed by atoms with Crippen LogP contribution in [0.4, 0.5) is 4.79 Å². The predicted octanol–water partition coefficient (Wildman–Crippen LogP) is 2.52. The lowest BCUT2D eigenvalue weighted by Crippen LogP contribution is -2.50. The Morgan fingerprint density at radius 1 is 1.11 bits per heavy atom. The van der Waals surface area contributed by atoms with Gasteiger partial charge in [0, 0.05) is 51.2 Å². The zero-order chi connectivity index (χ0) is 20.5. The van der Waals surface area contributed by atoms with Crippen LogP contribution in [0, 0.1) is 0 Å². The summed E-state index contributed by atoms with van der Waals surface area (Å²) in [7, 11) is -1.61. The highest BCUT2D eigenvalue weighted by Crippen LogP contribution is 2.31. The van der Waals surface area contributed by atoms with Crippen LogP contribution in [0.3, 0.4) is 0 Å². The first kappa shape index (κ1) is 21.0. The second-order valence-corrected chi connectivity index (χ2v) is 11.1. The Hall–Kier alpha value is -1.67. The largest absolute Gasteiger partial charge is 0.323 e. The highest BCUT2D eigenvalue weighted by Gasteiger charge is 2.41. The maximum absolute atomic E-state index is 13.1. The number of sulfonamides is 1. The fraction of sp³-hybridized carbons (Fsp3) is 0.700. The molecule has 0 N–H and O–H groups in total. The fourth-order valence-electron chi connectivity index (χ4n) is 3.93. The molecule has 7 nitrogen and oxygen atoms in total. The molecule has 0 radical (unpaired) electrons. The molecule has 2 aliphatic heterocycles. The average Bonchev–Trinajstić information content (AvgIpc) is 3.18. The second kappa shape index (κ2) is 7.99. The van der Waals surface area contributed by atoms with E-state index in [1.165, 1.54) is 5.56 Å². The summed E-state index contributed by atoms with van der Waals surface area (Å²) < 4.78 is 27.9. The number of pyridine rings is 1. The minimum atomic E-state index is -3.39. The van der Waals surface area contributed by atoms with Crippen molar-refractivity contribution >= 4 is 16.1 Å². The van der Waals surface area contributed by atoms with Crippen LogP contribution in [0.15, 0.2) is 24.5 Å². The molecule has 0 aromatic carbocycles. The number of carbonyl (C=O) groups is 1. The van der Waals surface area contributed by atoms with E-state index in [9.17, 15) is 13.2 Å². The molecule has 0 spiro atoms. The van der Waals surface area contributed by atoms with E-state index in [1.54, 1.807) is 33.5 Å². The molecule has 1 aromatic rings. The molecule has 0 saturated carbocycles. The zero-order valence-corrected chi connectivity index (χ0v) is 18.2. The number of amides is 2. The van der Waals surface area contributed by atoms with Crippen LogP contribution in [-0.4, -0.2) is 77.6 Å². The summed E-state index contributed by atoms with van der Waals surface area (Å²) in [6.45, 7) is 7.79. The van der Waals surface area contributed by atoms with E-state index >= 15 is 0 Å². The topological polar surface area (TPSA) is 73.8 Å². The molecule has 1 unspecified atom stereocenters. The number of urea groups is 1. The van der Waals surface area contributed by atoms with Gasteiger partial charge in [-0.2, -0.15) is 0 Å². The van der Waals surface area contributed by atoms with E-state index in [0.29, 0.717) is 32.0 Å². The summed E-state index contributed by atoms with van der Waals surface area (Å²) in [4.78, 5) is 20.1. The van der Waals surface area contributed by atoms with E-state index in [4.69, 9.17) is 0 Å². The van der Waals surface area contributed by atoms with Crippen molar-refractivity contribution in [3.05, 3.63) is 30.1 Å². The first-order chi connectivity index (χ1) is 13.1. The van der Waals surface area contributed by atoms with Gasteiger partial charge in [0.1, 0.15) is 0 Å². The van der Waals surface area contributed by atoms with Gasteiger partial charge in [0.25, 0.3) is 0 Å². The lowest BCUT2D eigenvalue weighted by atomic mass is 9.91. The van der Waals surface area contributed by atoms with Crippen molar-refractivity contribution in [2.75, 3.05) is 33.2 Å². The van der Waals surface area contributed by atoms with Crippen LogP contribution in [0.1, 0.15) is 51.5 Å². The molecule has 156 valence electrons. The number of hydrogen-bond donors (Lipinski definition) is 0. The minimum Gasteiger partial charge on any atom is -0.323 e. The number of aromatic nitrogens is 1. The van der Waals surface area contributed by atoms with Crippen molar-refractivity contribution in [1.29, 1.82) is 0 Å². The molecule has 3 heterocycles. The smallest absolute Gasteiger partial charge is 0.320 e. The van der Waals surface area contributed by atoms with Gasteiger partial charge in [-0.3, -0.25) is 4.98 Å². The standard InChI is InChI=1S/C20H32N4O3S/c1-20(2,3)22(4)19(25)23-12-9-18(15-23)28(26,27)24-13-7-17(8-14-24)16-5-10-21-11-6-16/h5-6,10-11,17-18H,7-9,12-15H2,1-4H3. The first-order valence-corrected chi connectivity index (χ1v) is 11.5. The maximum atomic E-state index is 13.1. The summed E-state index contributed by atoms with van der Waals surface area (Å²) in [6, 6.07) is 3.93. The van der Waals surface area contributed by atoms with Gasteiger partial charge in [-0.15, -0.1) is 0 Å². The van der Waals surface area contributed by atoms with Crippen LogP contribution in [0.2, 0.25) is 0 Å². The van der Waals surface area contributed by atoms with Gasteiger partial charge in [-0.1, -0.05) is 0 Å². The molecule has 2 amide bonds. The first-order valence-electron chi connectivity index (χ1n) is 10.0. The van der Waals surface area contributed by atoms with Gasteiger partial charge in [-0.25, -0.2) is 17.5 Å². The number of hydrogen-bond acceptors (Lipinski definition) is 4. The van der Waals surface area contributed by atoms with Gasteiger partial charge < -0.3 is 9.80 Å². The summed E-state index contributed by atoms with van der Waals surface area (Å²) in [5.41, 5.74) is 0.943. The van der Waals surface area contributed by atoms with Crippen molar-refractivity contribution in [1.82, 2.24) is 19.1 Å². The van der Waals surface area contributed by atoms with Crippen molar-refractivity contribution < 1.29 is 13.2 Å². The third kappa shape index (κ3) is 4.33. The monoisotopic (exact) mass is 408 g/mol. The Morgan fingerprint density at radius 2 is 1.71 bits per heavy atom. The molecule has 2 fully saturated rings. The molecule has 1 atom stereocenters. The number of piperidine rings is 1. The normalized spacial score (nSPS) is 22.4. The predicted molar refractivity (Wildman–Crippen MR) is 110 cm³/mol. The number of rotatable bonds is 3. The van der Waals surface area contributed by atoms with Crippen molar-refractivity contribution in [2.45, 2.75) is 56.7 Å². The van der Waals surface area contributed by atoms with Crippen molar-refractivity contribution in [3.63, 3.8) is 0 Å². The molecule has 28 heavy (non-hydrogen) atoms. The minimum absolute atomic E-state index is 0.0957. The molecule has 2 saturated heterocycles. The van der Waals surface area contributed by atoms with Crippen LogP contribution in [0.5, 0.6) is 0 Å². The van der Waals surface area contributed by atoms with E-state index < -0.39 is 15.3 Å². The fourth-order valence-corrected chi connectivity index (χ4v) is 5.85. The van der Waals surface area contributed by atoms with Gasteiger partial charge in [0.2, 0.25) is 10.0 Å². The molecule has 8 heteroatoms. The van der Waals surface area contributed by atoms with Crippen LogP contribution in [-0.2, 0) is 10.0 Å². The molecular weight excluding hydrogens is 376 g/mol. The third-order valence-electron chi connectivity index (χ3n) is 6.12. The molecule has 0 aliphatic carbocycles. The molecule has 2 aliphatic rings. The molecular formula is C20H32N4O3S. The molecule has 3 rings (SSSR count). The average molecular weight is 409 g/mol. The van der Waals surface area contributed by atoms with Crippen molar-refractivity contribution in [2.24, 2.45) is 0 Å². The Labute approximate surface area is 168 Å². The van der Waals surface area contributed by atoms with Gasteiger partial charge >= 0.3 is 6.03 Å². The molecule has 0 bridgehead atoms. The third-order valence-corrected chi connectivity index (χ3v) is 8.43. The van der Waals surface area contributed by atoms with E-state index in [0.717, 1.165) is 12.8 Å². The Kier molecular flexibility index (Phi) is 6.00. The molecule has 1 aromatic heterocycles. The lowest BCUT2D eigenvalue weighted by Gasteiger charge is -2.35. The Bertz CT molecular complexity index is 783. The quantitative estimate of drug-likeness (QED) is 0.770.